The molecule has 3 aromatic heterocycles. The van der Waals surface area contributed by atoms with E-state index in [2.05, 4.69) is 11.2 Å². The topological polar surface area (TPSA) is 115 Å². The summed E-state index contributed by atoms with van der Waals surface area (Å²) in [6, 6.07) is 0. The van der Waals surface area contributed by atoms with Crippen LogP contribution < -0.4 is 17.1 Å². The van der Waals surface area contributed by atoms with Gasteiger partial charge < -0.3 is 5.11 Å². The number of hydrogen-bond acceptors (Lipinski definition) is 5. The minimum absolute atomic E-state index is 0.293. The minimum Gasteiger partial charge on any atom is -0.478 e. The highest BCUT2D eigenvalue weighted by Gasteiger charge is 2.17. The molecule has 9 nitrogen and oxygen atoms in total. The molecule has 0 amide bonds. The number of aromatic nitrogens is 3. The van der Waals surface area contributed by atoms with E-state index in [1.54, 1.807) is 0 Å². The monoisotopic (exact) mass is 257 g/mol. The number of rotatable bonds is 3. The van der Waals surface area contributed by atoms with Crippen molar-refractivity contribution < 1.29 is 14.5 Å². The first kappa shape index (κ1) is 13.5. The number of fused-ring (bicyclic) bond motifs is 2. The van der Waals surface area contributed by atoms with Gasteiger partial charge in [0.25, 0.3) is 0 Å². The maximum atomic E-state index is 11.2. The summed E-state index contributed by atoms with van der Waals surface area (Å²) in [4.78, 5) is 42.6. The van der Waals surface area contributed by atoms with Crippen molar-refractivity contribution in [1.82, 2.24) is 13.7 Å². The number of hydrogen-bond donors (Lipinski definition) is 1. The summed E-state index contributed by atoms with van der Waals surface area (Å²) in [7, 11) is 0. The lowest BCUT2D eigenvalue weighted by Gasteiger charge is -2.06. The Balaban J connectivity index is 0.000000280. The van der Waals surface area contributed by atoms with Gasteiger partial charge in [-0.25, -0.2) is 23.7 Å². The van der Waals surface area contributed by atoms with Crippen molar-refractivity contribution in [2.24, 2.45) is 0 Å². The van der Waals surface area contributed by atoms with E-state index >= 15 is 0 Å². The van der Waals surface area contributed by atoms with E-state index in [-0.39, 0.29) is 0 Å². The van der Waals surface area contributed by atoms with Gasteiger partial charge in [0, 0.05) is 12.6 Å². The lowest BCUT2D eigenvalue weighted by atomic mass is 10.5. The average Bonchev–Trinajstić information content (AvgIpc) is 2.32. The zero-order valence-electron chi connectivity index (χ0n) is 9.53. The Morgan fingerprint density at radius 2 is 1.72 bits per heavy atom. The van der Waals surface area contributed by atoms with Crippen LogP contribution in [-0.2, 0) is 11.3 Å². The van der Waals surface area contributed by atoms with Crippen molar-refractivity contribution in [3.05, 3.63) is 44.1 Å². The van der Waals surface area contributed by atoms with E-state index < -0.39 is 23.0 Å². The van der Waals surface area contributed by atoms with Crippen LogP contribution in [0.25, 0.3) is 0 Å². The molecular formula is C9H11N3O6. The predicted molar refractivity (Wildman–Crippen MR) is 59.2 cm³/mol. The zero-order valence-corrected chi connectivity index (χ0v) is 9.53. The molecule has 0 aliphatic heterocycles. The molecule has 0 aliphatic carbocycles. The predicted octanol–water partition coefficient (Wildman–Crippen LogP) is -1.38. The Kier molecular flexibility index (Phi) is 3.87. The average molecular weight is 257 g/mol. The summed E-state index contributed by atoms with van der Waals surface area (Å²) in [6.45, 7) is 5.08. The SMILES string of the molecule is C=CC(=O)O.CCCn1c(=O)n2on(c1=O)c2=O. The summed E-state index contributed by atoms with van der Waals surface area (Å²) in [5, 5.41) is 7.60. The highest BCUT2D eigenvalue weighted by atomic mass is 16.6. The van der Waals surface area contributed by atoms with Gasteiger partial charge in [-0.2, -0.15) is 0 Å². The number of carboxylic acid groups (broad SMARTS) is 1. The molecule has 0 fully saturated rings. The van der Waals surface area contributed by atoms with Gasteiger partial charge in [-0.05, 0) is 15.6 Å². The Hall–Kier alpha value is -2.58. The molecule has 2 bridgehead atoms. The lowest BCUT2D eigenvalue weighted by molar-refractivity contribution is -0.131. The van der Waals surface area contributed by atoms with E-state index in [1.807, 2.05) is 6.92 Å². The minimum atomic E-state index is -0.981. The number of nitrogens with zero attached hydrogens (tertiary/aromatic N) is 3. The van der Waals surface area contributed by atoms with Gasteiger partial charge in [0.2, 0.25) is 0 Å². The summed E-state index contributed by atoms with van der Waals surface area (Å²) >= 11 is 0. The van der Waals surface area contributed by atoms with Crippen LogP contribution in [-0.4, -0.2) is 24.8 Å². The van der Waals surface area contributed by atoms with Crippen LogP contribution in [0, 0.1) is 0 Å². The molecular weight excluding hydrogens is 246 g/mol. The molecule has 9 heteroatoms. The van der Waals surface area contributed by atoms with Crippen molar-refractivity contribution >= 4 is 5.97 Å². The van der Waals surface area contributed by atoms with Crippen LogP contribution in [0.2, 0.25) is 0 Å². The Bertz CT molecular complexity index is 671. The first-order valence-corrected chi connectivity index (χ1v) is 4.97. The van der Waals surface area contributed by atoms with Gasteiger partial charge in [-0.1, -0.05) is 13.5 Å². The quantitative estimate of drug-likeness (QED) is 0.677. The van der Waals surface area contributed by atoms with Gasteiger partial charge in [0.15, 0.2) is 0 Å². The largest absolute Gasteiger partial charge is 0.478 e. The summed E-state index contributed by atoms with van der Waals surface area (Å²) in [5.41, 5.74) is -2.14. The van der Waals surface area contributed by atoms with Crippen molar-refractivity contribution in [3.8, 4) is 0 Å². The van der Waals surface area contributed by atoms with Crippen molar-refractivity contribution in [2.45, 2.75) is 19.9 Å². The molecule has 0 saturated carbocycles. The van der Waals surface area contributed by atoms with E-state index in [1.165, 1.54) is 0 Å². The third-order valence-corrected chi connectivity index (χ3v) is 1.94. The third-order valence-electron chi connectivity index (χ3n) is 1.94. The van der Waals surface area contributed by atoms with Crippen LogP contribution in [0.3, 0.4) is 0 Å². The molecule has 18 heavy (non-hydrogen) atoms. The molecule has 1 N–H and O–H groups in total. The second-order valence-electron chi connectivity index (χ2n) is 3.21. The first-order valence-electron chi connectivity index (χ1n) is 4.97. The van der Waals surface area contributed by atoms with Crippen LogP contribution in [0.4, 0.5) is 0 Å². The molecule has 3 heterocycles. The Labute approximate surface area is 99.1 Å². The fourth-order valence-corrected chi connectivity index (χ4v) is 1.15. The second kappa shape index (κ2) is 5.17. The highest BCUT2D eigenvalue weighted by molar-refractivity contribution is 5.78. The molecule has 3 aromatic rings. The smallest absolute Gasteiger partial charge is 0.408 e. The van der Waals surface area contributed by atoms with Crippen molar-refractivity contribution in [1.29, 1.82) is 0 Å². The maximum Gasteiger partial charge on any atom is 0.408 e. The molecule has 0 unspecified atom stereocenters. The van der Waals surface area contributed by atoms with E-state index in [0.29, 0.717) is 22.1 Å². The molecule has 98 valence electrons. The summed E-state index contributed by atoms with van der Waals surface area (Å²) in [5.74, 6) is -0.981. The normalized spacial score (nSPS) is 10.1. The van der Waals surface area contributed by atoms with E-state index in [9.17, 15) is 19.2 Å². The summed E-state index contributed by atoms with van der Waals surface area (Å²) in [6.07, 6.45) is 1.48. The highest BCUT2D eigenvalue weighted by Crippen LogP contribution is 1.80. The number of carbonyl (C=O) groups is 1. The Morgan fingerprint density at radius 1 is 1.28 bits per heavy atom. The molecule has 0 radical (unpaired) electrons. The standard InChI is InChI=1S/C6H7N3O4.C3H4O2/c1-2-3-7-4(10)8-6(12)9(13-8)5(7)11;1-2-3(4)5/h2-3H2,1H3;2H,1H2,(H,4,5). The van der Waals surface area contributed by atoms with Crippen LogP contribution in [0.1, 0.15) is 13.3 Å². The van der Waals surface area contributed by atoms with Crippen LogP contribution in [0.15, 0.2) is 31.7 Å². The molecule has 0 aromatic carbocycles. The molecule has 0 aliphatic rings. The Morgan fingerprint density at radius 3 is 2.00 bits per heavy atom. The second-order valence-corrected chi connectivity index (χ2v) is 3.21. The molecule has 0 atom stereocenters. The first-order chi connectivity index (χ1) is 8.43. The number of aliphatic carboxylic acids is 1. The number of carboxylic acids is 1. The molecule has 3 rings (SSSR count). The van der Waals surface area contributed by atoms with E-state index in [4.69, 9.17) is 5.11 Å². The fourth-order valence-electron chi connectivity index (χ4n) is 1.15. The van der Waals surface area contributed by atoms with Gasteiger partial charge in [0.05, 0.1) is 0 Å². The molecule has 0 saturated heterocycles. The summed E-state index contributed by atoms with van der Waals surface area (Å²) < 4.78 is 6.53. The lowest BCUT2D eigenvalue weighted by Crippen LogP contribution is -2.54. The maximum absolute atomic E-state index is 11.2. The van der Waals surface area contributed by atoms with E-state index in [0.717, 1.165) is 10.6 Å². The van der Waals surface area contributed by atoms with Crippen molar-refractivity contribution in [2.75, 3.05) is 0 Å². The van der Waals surface area contributed by atoms with Gasteiger partial charge in [-0.15, -0.1) is 0 Å². The van der Waals surface area contributed by atoms with Crippen LogP contribution in [0.5, 0.6) is 0 Å². The van der Waals surface area contributed by atoms with Crippen LogP contribution >= 0.6 is 0 Å². The fraction of sp³-hybridized carbons (Fsp3) is 0.333. The van der Waals surface area contributed by atoms with Gasteiger partial charge in [0.1, 0.15) is 0 Å². The molecule has 0 spiro atoms. The zero-order chi connectivity index (χ0) is 13.9. The van der Waals surface area contributed by atoms with Gasteiger partial charge >= 0.3 is 23.0 Å². The van der Waals surface area contributed by atoms with Gasteiger partial charge in [-0.3, -0.25) is 4.63 Å². The van der Waals surface area contributed by atoms with Crippen molar-refractivity contribution in [3.63, 3.8) is 0 Å². The third kappa shape index (κ3) is 2.24.